The molecule has 1 aromatic carbocycles. The molecule has 1 aliphatic heterocycles. The lowest BCUT2D eigenvalue weighted by molar-refractivity contribution is 0.100. The summed E-state index contributed by atoms with van der Waals surface area (Å²) in [6.07, 6.45) is 4.26. The molecule has 1 aliphatic rings. The zero-order chi connectivity index (χ0) is 18.0. The summed E-state index contributed by atoms with van der Waals surface area (Å²) in [5.74, 6) is -1.03. The highest BCUT2D eigenvalue weighted by Gasteiger charge is 2.36. The Morgan fingerprint density at radius 2 is 1.83 bits per heavy atom. The highest BCUT2D eigenvalue weighted by atomic mass is 32.2. The Morgan fingerprint density at radius 1 is 1.21 bits per heavy atom. The average Bonchev–Trinajstić information content (AvgIpc) is 2.53. The predicted octanol–water partition coefficient (Wildman–Crippen LogP) is 0.129. The molecule has 0 atom stereocenters. The number of piperidine rings is 1. The summed E-state index contributed by atoms with van der Waals surface area (Å²) in [6.45, 7) is 1.58. The Morgan fingerprint density at radius 3 is 2.33 bits per heavy atom. The van der Waals surface area contributed by atoms with Gasteiger partial charge in [0.15, 0.2) is 21.5 Å². The van der Waals surface area contributed by atoms with E-state index in [0.717, 1.165) is 38.6 Å². The fourth-order valence-electron chi connectivity index (χ4n) is 3.12. The molecule has 0 radical (unpaired) electrons. The largest absolute Gasteiger partial charge is 0.370 e. The Kier molecular flexibility index (Phi) is 5.26. The number of aliphatic imine (C=N–C) groups is 1. The van der Waals surface area contributed by atoms with E-state index in [4.69, 9.17) is 11.5 Å². The molecule has 1 heterocycles. The highest BCUT2D eigenvalue weighted by Crippen LogP contribution is 2.33. The van der Waals surface area contributed by atoms with Crippen molar-refractivity contribution in [3.05, 3.63) is 23.8 Å². The minimum atomic E-state index is -3.53. The van der Waals surface area contributed by atoms with Crippen LogP contribution >= 0.6 is 0 Å². The number of nitrogens with zero attached hydrogens (tertiary/aromatic N) is 2. The molecule has 0 bridgehead atoms. The van der Waals surface area contributed by atoms with E-state index >= 15 is 0 Å². The minimum absolute atomic E-state index is 0.121. The first-order valence-electron chi connectivity index (χ1n) is 7.74. The summed E-state index contributed by atoms with van der Waals surface area (Å²) < 4.78 is 25.0. The molecule has 0 unspecified atom stereocenters. The van der Waals surface area contributed by atoms with E-state index < -0.39 is 15.7 Å². The summed E-state index contributed by atoms with van der Waals surface area (Å²) in [5, 5.41) is 0. The van der Waals surface area contributed by atoms with Crippen molar-refractivity contribution < 1.29 is 13.2 Å². The number of carbonyl (C=O) groups excluding carboxylic acids is 1. The topological polar surface area (TPSA) is 128 Å². The van der Waals surface area contributed by atoms with Crippen LogP contribution in [0, 0.1) is 0 Å². The van der Waals surface area contributed by atoms with Crippen molar-refractivity contribution in [3.63, 3.8) is 0 Å². The van der Waals surface area contributed by atoms with Crippen molar-refractivity contribution in [3.8, 4) is 0 Å². The van der Waals surface area contributed by atoms with Crippen molar-refractivity contribution >= 4 is 27.4 Å². The molecule has 2 rings (SSSR count). The van der Waals surface area contributed by atoms with E-state index in [1.54, 1.807) is 12.1 Å². The van der Waals surface area contributed by atoms with Gasteiger partial charge < -0.3 is 11.5 Å². The third-order valence-electron chi connectivity index (χ3n) is 4.31. The van der Waals surface area contributed by atoms with Gasteiger partial charge in [-0.1, -0.05) is 0 Å². The molecule has 0 aliphatic carbocycles. The molecule has 8 nitrogen and oxygen atoms in total. The number of nitrogens with one attached hydrogen (secondary N) is 1. The molecular weight excluding hydrogens is 330 g/mol. The number of sulfone groups is 1. The Labute approximate surface area is 142 Å². The quantitative estimate of drug-likeness (QED) is 0.401. The van der Waals surface area contributed by atoms with E-state index in [-0.39, 0.29) is 16.4 Å². The highest BCUT2D eigenvalue weighted by molar-refractivity contribution is 7.90. The molecule has 1 aromatic rings. The summed E-state index contributed by atoms with van der Waals surface area (Å²) >= 11 is 0. The third-order valence-corrected chi connectivity index (χ3v) is 5.43. The van der Waals surface area contributed by atoms with E-state index in [9.17, 15) is 13.2 Å². The van der Waals surface area contributed by atoms with Gasteiger partial charge in [-0.2, -0.15) is 10.4 Å². The zero-order valence-electron chi connectivity index (χ0n) is 13.9. The second-order valence-electron chi connectivity index (χ2n) is 6.00. The number of amides is 1. The lowest BCUT2D eigenvalue weighted by Gasteiger charge is -2.40. The third kappa shape index (κ3) is 3.74. The van der Waals surface area contributed by atoms with E-state index in [1.165, 1.54) is 6.07 Å². The standard InChI is InChI=1S/C15H23N5O3S/c1-18-20(8-4-3-5-9-20)12-7-6-11(14(21)19-15(16)17)10-13(12)24(2,22)23/h6-7,10,18H,3-5,8-9H2,1-2H3,(H3-,16,17,19,21)/p+1. The monoisotopic (exact) mass is 354 g/mol. The maximum atomic E-state index is 12.3. The molecule has 5 N–H and O–H groups in total. The first-order valence-corrected chi connectivity index (χ1v) is 9.63. The Bertz CT molecular complexity index is 763. The van der Waals surface area contributed by atoms with Crippen LogP contribution in [0.1, 0.15) is 29.6 Å². The average molecular weight is 354 g/mol. The van der Waals surface area contributed by atoms with Gasteiger partial charge in [-0.05, 0) is 31.4 Å². The lowest BCUT2D eigenvalue weighted by atomic mass is 10.1. The van der Waals surface area contributed by atoms with Crippen LogP contribution in [0.25, 0.3) is 0 Å². The molecule has 24 heavy (non-hydrogen) atoms. The molecule has 0 saturated carbocycles. The van der Waals surface area contributed by atoms with E-state index in [2.05, 4.69) is 10.4 Å². The number of quaternary nitrogens is 1. The predicted molar refractivity (Wildman–Crippen MR) is 94.1 cm³/mol. The van der Waals surface area contributed by atoms with Crippen LogP contribution in [0.2, 0.25) is 0 Å². The van der Waals surface area contributed by atoms with Crippen molar-refractivity contribution in [2.75, 3.05) is 26.4 Å². The molecule has 0 aromatic heterocycles. The van der Waals surface area contributed by atoms with Crippen LogP contribution in [-0.2, 0) is 9.84 Å². The van der Waals surface area contributed by atoms with Crippen molar-refractivity contribution in [2.45, 2.75) is 24.2 Å². The molecule has 1 saturated heterocycles. The molecular formula is C15H24N5O3S+. The van der Waals surface area contributed by atoms with Crippen LogP contribution in [-0.4, -0.2) is 46.7 Å². The molecule has 1 fully saturated rings. The SMILES string of the molecule is CN[N+]1(c2ccc(C(=O)N=C(N)N)cc2S(C)(=O)=O)CCCCC1. The molecule has 132 valence electrons. The zero-order valence-corrected chi connectivity index (χ0v) is 14.8. The van der Waals surface area contributed by atoms with Crippen LogP contribution < -0.4 is 21.5 Å². The normalized spacial score (nSPS) is 17.2. The van der Waals surface area contributed by atoms with Gasteiger partial charge in [0.05, 0.1) is 0 Å². The van der Waals surface area contributed by atoms with Crippen molar-refractivity contribution in [2.24, 2.45) is 16.5 Å². The number of nitrogens with two attached hydrogens (primary N) is 2. The first-order chi connectivity index (χ1) is 11.2. The van der Waals surface area contributed by atoms with Crippen LogP contribution in [0.15, 0.2) is 28.1 Å². The van der Waals surface area contributed by atoms with Gasteiger partial charge in [0.2, 0.25) is 0 Å². The summed E-state index contributed by atoms with van der Waals surface area (Å²) in [4.78, 5) is 15.6. The maximum Gasteiger partial charge on any atom is 0.280 e. The number of hydrogen-bond donors (Lipinski definition) is 3. The summed E-state index contributed by atoms with van der Waals surface area (Å²) in [7, 11) is -1.72. The molecule has 1 amide bonds. The van der Waals surface area contributed by atoms with Gasteiger partial charge in [0.25, 0.3) is 5.91 Å². The van der Waals surface area contributed by atoms with Gasteiger partial charge in [0, 0.05) is 24.9 Å². The molecule has 9 heteroatoms. The van der Waals surface area contributed by atoms with E-state index in [1.807, 2.05) is 7.05 Å². The van der Waals surface area contributed by atoms with Gasteiger partial charge >= 0.3 is 0 Å². The second kappa shape index (κ2) is 6.88. The van der Waals surface area contributed by atoms with Crippen LogP contribution in [0.3, 0.4) is 0 Å². The number of benzene rings is 1. The lowest BCUT2D eigenvalue weighted by Crippen LogP contribution is -2.61. The summed E-state index contributed by atoms with van der Waals surface area (Å²) in [5.41, 5.74) is 14.5. The van der Waals surface area contributed by atoms with Gasteiger partial charge in [0.1, 0.15) is 18.0 Å². The second-order valence-corrected chi connectivity index (χ2v) is 7.98. The van der Waals surface area contributed by atoms with Gasteiger partial charge in [-0.3, -0.25) is 4.79 Å². The number of rotatable bonds is 4. The number of carbonyl (C=O) groups is 1. The van der Waals surface area contributed by atoms with E-state index in [0.29, 0.717) is 10.3 Å². The smallest absolute Gasteiger partial charge is 0.280 e. The summed E-state index contributed by atoms with van der Waals surface area (Å²) in [6, 6.07) is 4.59. The van der Waals surface area contributed by atoms with Gasteiger partial charge in [-0.25, -0.2) is 13.0 Å². The van der Waals surface area contributed by atoms with Crippen LogP contribution in [0.5, 0.6) is 0 Å². The van der Waals surface area contributed by atoms with Crippen molar-refractivity contribution in [1.82, 2.24) is 10.0 Å². The van der Waals surface area contributed by atoms with Gasteiger partial charge in [-0.15, -0.1) is 0 Å². The first kappa shape index (κ1) is 18.4. The minimum Gasteiger partial charge on any atom is -0.370 e. The Balaban J connectivity index is 2.61. The number of guanidine groups is 1. The fraction of sp³-hybridized carbons (Fsp3) is 0.467. The fourth-order valence-corrected chi connectivity index (χ4v) is 4.08. The number of hydrogen-bond acceptors (Lipinski definition) is 4. The Hall–Kier alpha value is -1.97. The van der Waals surface area contributed by atoms with Crippen LogP contribution in [0.4, 0.5) is 5.69 Å². The maximum absolute atomic E-state index is 12.3. The van der Waals surface area contributed by atoms with Crippen molar-refractivity contribution in [1.29, 1.82) is 0 Å². The molecule has 0 spiro atoms.